The van der Waals surface area contributed by atoms with Gasteiger partial charge in [-0.25, -0.2) is 4.39 Å². The van der Waals surface area contributed by atoms with Crippen molar-refractivity contribution in [1.82, 2.24) is 9.80 Å². The third-order valence-corrected chi connectivity index (χ3v) is 6.78. The first-order valence-electron chi connectivity index (χ1n) is 12.9. The maximum Gasteiger partial charge on any atom is 0.323 e. The molecule has 2 fully saturated rings. The van der Waals surface area contributed by atoms with E-state index in [1.807, 2.05) is 19.1 Å². The number of rotatable bonds is 8. The number of likely N-dealkylation sites (tertiary alicyclic amines) is 2. The summed E-state index contributed by atoms with van der Waals surface area (Å²) in [5.41, 5.74) is 1.78. The lowest BCUT2D eigenvalue weighted by Gasteiger charge is -2.34. The normalized spacial score (nSPS) is 19.4. The minimum Gasteiger partial charge on any atom is -0.490 e. The molecule has 0 saturated carbocycles. The molecule has 2 aliphatic rings. The molecule has 0 aromatic heterocycles. The first-order chi connectivity index (χ1) is 17.5. The van der Waals surface area contributed by atoms with Crippen LogP contribution in [0.25, 0.3) is 6.08 Å². The minimum atomic E-state index is -0.318. The fraction of sp³-hybridized carbons (Fsp3) is 0.448. The molecule has 192 valence electrons. The molecule has 7 heteroatoms. The summed E-state index contributed by atoms with van der Waals surface area (Å²) in [7, 11) is 0. The van der Waals surface area contributed by atoms with E-state index in [2.05, 4.69) is 17.0 Å². The van der Waals surface area contributed by atoms with Crippen LogP contribution < -0.4 is 4.74 Å². The van der Waals surface area contributed by atoms with Gasteiger partial charge in [0.15, 0.2) is 0 Å². The number of nitrogens with zero attached hydrogens (tertiary/aromatic N) is 2. The van der Waals surface area contributed by atoms with E-state index < -0.39 is 0 Å². The number of halogens is 1. The summed E-state index contributed by atoms with van der Waals surface area (Å²) < 4.78 is 24.9. The number of carbonyl (C=O) groups is 2. The molecule has 0 N–H and O–H groups in total. The number of carbonyl (C=O) groups excluding carboxylic acids is 2. The molecule has 6 nitrogen and oxygen atoms in total. The molecule has 0 radical (unpaired) electrons. The Bertz CT molecular complexity index is 1060. The summed E-state index contributed by atoms with van der Waals surface area (Å²) in [6, 6.07) is 14.1. The standard InChI is InChI=1S/C29H35FN2O4/c1-2-35-29(34)27-11-3-4-16-32(27)21-23-8-6-10-26(20-23)36-25-14-17-31(18-15-25)28(33)13-12-22-7-5-9-24(30)19-22/h5-10,12-13,19-20,25,27H,2-4,11,14-18,21H2,1H3. The molecule has 1 atom stereocenters. The molecular weight excluding hydrogens is 459 g/mol. The van der Waals surface area contributed by atoms with Crippen molar-refractivity contribution in [3.05, 3.63) is 71.6 Å². The Hall–Kier alpha value is -3.19. The van der Waals surface area contributed by atoms with Gasteiger partial charge in [0.05, 0.1) is 6.61 Å². The van der Waals surface area contributed by atoms with Gasteiger partial charge in [-0.2, -0.15) is 0 Å². The van der Waals surface area contributed by atoms with Crippen molar-refractivity contribution in [1.29, 1.82) is 0 Å². The van der Waals surface area contributed by atoms with Gasteiger partial charge in [0.25, 0.3) is 0 Å². The zero-order chi connectivity index (χ0) is 25.3. The van der Waals surface area contributed by atoms with E-state index >= 15 is 0 Å². The van der Waals surface area contributed by atoms with Gasteiger partial charge in [0.1, 0.15) is 23.7 Å². The number of esters is 1. The van der Waals surface area contributed by atoms with Gasteiger partial charge in [-0.1, -0.05) is 30.7 Å². The molecule has 0 bridgehead atoms. The van der Waals surface area contributed by atoms with Gasteiger partial charge in [-0.05, 0) is 67.8 Å². The Morgan fingerprint density at radius 3 is 2.61 bits per heavy atom. The summed E-state index contributed by atoms with van der Waals surface area (Å²) in [4.78, 5) is 28.9. The Morgan fingerprint density at radius 1 is 1.03 bits per heavy atom. The second-order valence-electron chi connectivity index (χ2n) is 9.41. The second kappa shape index (κ2) is 12.7. The van der Waals surface area contributed by atoms with Crippen molar-refractivity contribution in [3.63, 3.8) is 0 Å². The van der Waals surface area contributed by atoms with Gasteiger partial charge >= 0.3 is 5.97 Å². The van der Waals surface area contributed by atoms with E-state index in [4.69, 9.17) is 9.47 Å². The molecule has 0 aliphatic carbocycles. The number of ether oxygens (including phenoxy) is 2. The number of hydrogen-bond donors (Lipinski definition) is 0. The van der Waals surface area contributed by atoms with Crippen molar-refractivity contribution >= 4 is 18.0 Å². The average molecular weight is 495 g/mol. The SMILES string of the molecule is CCOC(=O)C1CCCCN1Cc1cccc(OC2CCN(C(=O)C=Cc3cccc(F)c3)CC2)c1. The molecule has 2 heterocycles. The zero-order valence-corrected chi connectivity index (χ0v) is 20.9. The van der Waals surface area contributed by atoms with E-state index in [9.17, 15) is 14.0 Å². The maximum atomic E-state index is 13.3. The summed E-state index contributed by atoms with van der Waals surface area (Å²) in [6.07, 6.45) is 7.66. The van der Waals surface area contributed by atoms with Crippen molar-refractivity contribution in [2.75, 3.05) is 26.2 Å². The van der Waals surface area contributed by atoms with Crippen LogP contribution in [-0.2, 0) is 20.9 Å². The third-order valence-electron chi connectivity index (χ3n) is 6.78. The van der Waals surface area contributed by atoms with Crippen LogP contribution in [-0.4, -0.2) is 60.1 Å². The number of piperidine rings is 2. The molecule has 36 heavy (non-hydrogen) atoms. The lowest BCUT2D eigenvalue weighted by molar-refractivity contribution is -0.151. The molecule has 4 rings (SSSR count). The molecule has 2 aliphatic heterocycles. The van der Waals surface area contributed by atoms with Gasteiger partial charge in [-0.3, -0.25) is 14.5 Å². The van der Waals surface area contributed by atoms with E-state index in [0.717, 1.165) is 50.0 Å². The topological polar surface area (TPSA) is 59.1 Å². The molecular formula is C29H35FN2O4. The summed E-state index contributed by atoms with van der Waals surface area (Å²) in [6.45, 7) is 5.05. The van der Waals surface area contributed by atoms with Crippen molar-refractivity contribution in [2.45, 2.75) is 57.7 Å². The van der Waals surface area contributed by atoms with Crippen molar-refractivity contribution < 1.29 is 23.5 Å². The molecule has 1 unspecified atom stereocenters. The number of benzene rings is 2. The number of amides is 1. The van der Waals surface area contributed by atoms with Crippen LogP contribution in [0, 0.1) is 5.82 Å². The highest BCUT2D eigenvalue weighted by Gasteiger charge is 2.30. The highest BCUT2D eigenvalue weighted by molar-refractivity contribution is 5.91. The average Bonchev–Trinajstić information content (AvgIpc) is 2.88. The van der Waals surface area contributed by atoms with E-state index in [1.54, 1.807) is 23.1 Å². The Labute approximate surface area is 212 Å². The lowest BCUT2D eigenvalue weighted by Crippen LogP contribution is -2.44. The molecule has 2 saturated heterocycles. The van der Waals surface area contributed by atoms with Crippen LogP contribution in [0.3, 0.4) is 0 Å². The summed E-state index contributed by atoms with van der Waals surface area (Å²) >= 11 is 0. The fourth-order valence-electron chi connectivity index (χ4n) is 4.91. The quantitative estimate of drug-likeness (QED) is 0.389. The monoisotopic (exact) mass is 494 g/mol. The Kier molecular flexibility index (Phi) is 9.11. The molecule has 2 aromatic carbocycles. The lowest BCUT2D eigenvalue weighted by atomic mass is 10.0. The maximum absolute atomic E-state index is 13.3. The number of hydrogen-bond acceptors (Lipinski definition) is 5. The smallest absolute Gasteiger partial charge is 0.323 e. The fourth-order valence-corrected chi connectivity index (χ4v) is 4.91. The van der Waals surface area contributed by atoms with E-state index in [-0.39, 0.29) is 29.8 Å². The van der Waals surface area contributed by atoms with Crippen LogP contribution in [0.5, 0.6) is 5.75 Å². The van der Waals surface area contributed by atoms with Gasteiger partial charge in [-0.15, -0.1) is 0 Å². The van der Waals surface area contributed by atoms with Gasteiger partial charge in [0, 0.05) is 38.6 Å². The zero-order valence-electron chi connectivity index (χ0n) is 20.9. The predicted molar refractivity (Wildman–Crippen MR) is 137 cm³/mol. The largest absolute Gasteiger partial charge is 0.490 e. The molecule has 1 amide bonds. The molecule has 0 spiro atoms. The molecule has 2 aromatic rings. The van der Waals surface area contributed by atoms with Crippen LogP contribution in [0.15, 0.2) is 54.6 Å². The second-order valence-corrected chi connectivity index (χ2v) is 9.41. The summed E-state index contributed by atoms with van der Waals surface area (Å²) in [5, 5.41) is 0. The van der Waals surface area contributed by atoms with Gasteiger partial charge in [0.2, 0.25) is 5.91 Å². The minimum absolute atomic E-state index is 0.0405. The first-order valence-corrected chi connectivity index (χ1v) is 12.9. The van der Waals surface area contributed by atoms with Crippen LogP contribution in [0.2, 0.25) is 0 Å². The van der Waals surface area contributed by atoms with Crippen molar-refractivity contribution in [2.24, 2.45) is 0 Å². The summed E-state index contributed by atoms with van der Waals surface area (Å²) in [5.74, 6) is 0.295. The first kappa shape index (κ1) is 25.9. The van der Waals surface area contributed by atoms with Crippen molar-refractivity contribution in [3.8, 4) is 5.75 Å². The highest BCUT2D eigenvalue weighted by Crippen LogP contribution is 2.24. The third kappa shape index (κ3) is 7.17. The predicted octanol–water partition coefficient (Wildman–Crippen LogP) is 4.83. The van der Waals surface area contributed by atoms with Gasteiger partial charge < -0.3 is 14.4 Å². The highest BCUT2D eigenvalue weighted by atomic mass is 19.1. The van der Waals surface area contributed by atoms with Crippen LogP contribution in [0.4, 0.5) is 4.39 Å². The van der Waals surface area contributed by atoms with Crippen LogP contribution in [0.1, 0.15) is 50.2 Å². The van der Waals surface area contributed by atoms with E-state index in [0.29, 0.717) is 31.8 Å². The van der Waals surface area contributed by atoms with E-state index in [1.165, 1.54) is 18.2 Å². The Balaban J connectivity index is 1.28. The van der Waals surface area contributed by atoms with Crippen LogP contribution >= 0.6 is 0 Å². The Morgan fingerprint density at radius 2 is 1.83 bits per heavy atom.